The standard InChI is InChI=1S/C16H20O2/c1-16(2,11-17)14-9-8-13(10-14)15(18)12-6-4-3-5-7-12/h3-7,11,13-14H,8-10H2,1-2H3/t13-,14+/m0/s1. The third-order valence-corrected chi connectivity index (χ3v) is 4.22. The van der Waals surface area contributed by atoms with Crippen molar-refractivity contribution >= 4 is 12.1 Å². The van der Waals surface area contributed by atoms with Crippen LogP contribution in [0, 0.1) is 17.3 Å². The van der Waals surface area contributed by atoms with Crippen molar-refractivity contribution in [2.24, 2.45) is 17.3 Å². The van der Waals surface area contributed by atoms with Crippen molar-refractivity contribution in [3.8, 4) is 0 Å². The van der Waals surface area contributed by atoms with Crippen LogP contribution < -0.4 is 0 Å². The average Bonchev–Trinajstić information content (AvgIpc) is 2.89. The van der Waals surface area contributed by atoms with Crippen LogP contribution in [0.25, 0.3) is 0 Å². The molecule has 96 valence electrons. The number of benzene rings is 1. The molecule has 0 saturated heterocycles. The van der Waals surface area contributed by atoms with Crippen LogP contribution in [-0.2, 0) is 4.79 Å². The second kappa shape index (κ2) is 5.05. The van der Waals surface area contributed by atoms with Crippen molar-refractivity contribution in [1.29, 1.82) is 0 Å². The molecule has 1 aliphatic rings. The van der Waals surface area contributed by atoms with Crippen molar-refractivity contribution in [3.05, 3.63) is 35.9 Å². The fourth-order valence-electron chi connectivity index (χ4n) is 2.83. The number of carbonyl (C=O) groups is 2. The highest BCUT2D eigenvalue weighted by molar-refractivity contribution is 5.98. The molecule has 0 aliphatic heterocycles. The van der Waals surface area contributed by atoms with Crippen molar-refractivity contribution in [2.75, 3.05) is 0 Å². The van der Waals surface area contributed by atoms with Gasteiger partial charge in [-0.2, -0.15) is 0 Å². The van der Waals surface area contributed by atoms with Crippen LogP contribution in [-0.4, -0.2) is 12.1 Å². The van der Waals surface area contributed by atoms with Gasteiger partial charge in [0, 0.05) is 16.9 Å². The van der Waals surface area contributed by atoms with Crippen LogP contribution in [0.4, 0.5) is 0 Å². The molecule has 0 spiro atoms. The molecule has 1 aliphatic carbocycles. The molecule has 2 rings (SSSR count). The van der Waals surface area contributed by atoms with Crippen LogP contribution in [0.5, 0.6) is 0 Å². The van der Waals surface area contributed by atoms with Crippen molar-refractivity contribution in [1.82, 2.24) is 0 Å². The van der Waals surface area contributed by atoms with E-state index in [1.54, 1.807) is 0 Å². The Balaban J connectivity index is 2.06. The maximum absolute atomic E-state index is 12.3. The lowest BCUT2D eigenvalue weighted by Gasteiger charge is -2.25. The highest BCUT2D eigenvalue weighted by Gasteiger charge is 2.38. The molecule has 0 bridgehead atoms. The maximum atomic E-state index is 12.3. The molecule has 2 atom stereocenters. The number of ketones is 1. The predicted octanol–water partition coefficient (Wildman–Crippen LogP) is 3.51. The zero-order chi connectivity index (χ0) is 13.2. The highest BCUT2D eigenvalue weighted by atomic mass is 16.1. The topological polar surface area (TPSA) is 34.1 Å². The first-order chi connectivity index (χ1) is 8.54. The molecular weight excluding hydrogens is 224 g/mol. The van der Waals surface area contributed by atoms with Crippen molar-refractivity contribution in [3.63, 3.8) is 0 Å². The van der Waals surface area contributed by atoms with Crippen LogP contribution in [0.2, 0.25) is 0 Å². The van der Waals surface area contributed by atoms with E-state index >= 15 is 0 Å². The van der Waals surface area contributed by atoms with Gasteiger partial charge in [0.15, 0.2) is 5.78 Å². The molecule has 0 aromatic heterocycles. The summed E-state index contributed by atoms with van der Waals surface area (Å²) in [6.07, 6.45) is 3.77. The van der Waals surface area contributed by atoms with Crippen LogP contribution in [0.15, 0.2) is 30.3 Å². The van der Waals surface area contributed by atoms with Gasteiger partial charge in [-0.25, -0.2) is 0 Å². The number of hydrogen-bond acceptors (Lipinski definition) is 2. The number of aldehydes is 1. The zero-order valence-corrected chi connectivity index (χ0v) is 11.1. The molecule has 1 saturated carbocycles. The van der Waals surface area contributed by atoms with Crippen molar-refractivity contribution < 1.29 is 9.59 Å². The number of Topliss-reactive ketones (excluding diaryl/α,β-unsaturated/α-hetero) is 1. The third kappa shape index (κ3) is 2.53. The Bertz CT molecular complexity index is 434. The molecular formula is C16H20O2. The first kappa shape index (κ1) is 13.0. The largest absolute Gasteiger partial charge is 0.303 e. The lowest BCUT2D eigenvalue weighted by atomic mass is 9.78. The van der Waals surface area contributed by atoms with E-state index in [9.17, 15) is 9.59 Å². The molecule has 1 aromatic carbocycles. The minimum absolute atomic E-state index is 0.0941. The molecule has 1 fully saturated rings. The fourth-order valence-corrected chi connectivity index (χ4v) is 2.83. The van der Waals surface area contributed by atoms with E-state index in [0.717, 1.165) is 31.1 Å². The Kier molecular flexibility index (Phi) is 3.65. The van der Waals surface area contributed by atoms with E-state index in [1.165, 1.54) is 0 Å². The maximum Gasteiger partial charge on any atom is 0.165 e. The SMILES string of the molecule is CC(C)(C=O)[C@@H]1CC[C@H](C(=O)c2ccccc2)C1. The third-order valence-electron chi connectivity index (χ3n) is 4.22. The van der Waals surface area contributed by atoms with E-state index in [4.69, 9.17) is 0 Å². The van der Waals surface area contributed by atoms with Gasteiger partial charge in [0.05, 0.1) is 0 Å². The Morgan fingerprint density at radius 2 is 1.89 bits per heavy atom. The molecule has 0 heterocycles. The summed E-state index contributed by atoms with van der Waals surface area (Å²) in [5, 5.41) is 0. The highest BCUT2D eigenvalue weighted by Crippen LogP contribution is 2.42. The molecule has 18 heavy (non-hydrogen) atoms. The lowest BCUT2D eigenvalue weighted by Crippen LogP contribution is -2.24. The minimum atomic E-state index is -0.300. The summed E-state index contributed by atoms with van der Waals surface area (Å²) in [5.74, 6) is 0.670. The normalized spacial score (nSPS) is 23.9. The molecule has 2 nitrogen and oxygen atoms in total. The summed E-state index contributed by atoms with van der Waals surface area (Å²) < 4.78 is 0. The molecule has 1 aromatic rings. The monoisotopic (exact) mass is 244 g/mol. The molecule has 0 amide bonds. The van der Waals surface area contributed by atoms with Gasteiger partial charge in [-0.3, -0.25) is 4.79 Å². The van der Waals surface area contributed by atoms with Crippen LogP contribution in [0.3, 0.4) is 0 Å². The van der Waals surface area contributed by atoms with Gasteiger partial charge < -0.3 is 4.79 Å². The van der Waals surface area contributed by atoms with Gasteiger partial charge in [0.2, 0.25) is 0 Å². The first-order valence-electron chi connectivity index (χ1n) is 6.60. The van der Waals surface area contributed by atoms with Gasteiger partial charge >= 0.3 is 0 Å². The van der Waals surface area contributed by atoms with E-state index in [1.807, 2.05) is 44.2 Å². The number of rotatable bonds is 4. The minimum Gasteiger partial charge on any atom is -0.303 e. The number of hydrogen-bond donors (Lipinski definition) is 0. The summed E-state index contributed by atoms with van der Waals surface area (Å²) in [6, 6.07) is 9.47. The first-order valence-corrected chi connectivity index (χ1v) is 6.60. The predicted molar refractivity (Wildman–Crippen MR) is 71.4 cm³/mol. The lowest BCUT2D eigenvalue weighted by molar-refractivity contribution is -0.117. The van der Waals surface area contributed by atoms with E-state index < -0.39 is 0 Å². The average molecular weight is 244 g/mol. The quantitative estimate of drug-likeness (QED) is 0.600. The second-order valence-electron chi connectivity index (χ2n) is 5.88. The summed E-state index contributed by atoms with van der Waals surface area (Å²) in [4.78, 5) is 23.4. The Morgan fingerprint density at radius 3 is 2.50 bits per heavy atom. The Labute approximate surface area is 108 Å². The van der Waals surface area contributed by atoms with Gasteiger partial charge in [-0.1, -0.05) is 44.2 Å². The van der Waals surface area contributed by atoms with Gasteiger partial charge in [-0.05, 0) is 25.2 Å². The zero-order valence-electron chi connectivity index (χ0n) is 11.1. The molecule has 0 unspecified atom stereocenters. The van der Waals surface area contributed by atoms with Crippen molar-refractivity contribution in [2.45, 2.75) is 33.1 Å². The molecule has 2 heteroatoms. The van der Waals surface area contributed by atoms with E-state index in [2.05, 4.69) is 0 Å². The summed E-state index contributed by atoms with van der Waals surface area (Å²) in [7, 11) is 0. The Hall–Kier alpha value is -1.44. The van der Waals surface area contributed by atoms with Gasteiger partial charge in [0.1, 0.15) is 6.29 Å². The van der Waals surface area contributed by atoms with Crippen LogP contribution >= 0.6 is 0 Å². The van der Waals surface area contributed by atoms with E-state index in [-0.39, 0.29) is 17.1 Å². The summed E-state index contributed by atoms with van der Waals surface area (Å²) in [6.45, 7) is 3.94. The Morgan fingerprint density at radius 1 is 1.22 bits per heavy atom. The van der Waals surface area contributed by atoms with E-state index in [0.29, 0.717) is 5.92 Å². The fraction of sp³-hybridized carbons (Fsp3) is 0.500. The molecule has 0 radical (unpaired) electrons. The molecule has 0 N–H and O–H groups in total. The van der Waals surface area contributed by atoms with Gasteiger partial charge in [0.25, 0.3) is 0 Å². The summed E-state index contributed by atoms with van der Waals surface area (Å²) in [5.41, 5.74) is 0.498. The summed E-state index contributed by atoms with van der Waals surface area (Å²) >= 11 is 0. The number of carbonyl (C=O) groups excluding carboxylic acids is 2. The van der Waals surface area contributed by atoms with Gasteiger partial charge in [-0.15, -0.1) is 0 Å². The van der Waals surface area contributed by atoms with Crippen LogP contribution in [0.1, 0.15) is 43.5 Å². The second-order valence-corrected chi connectivity index (χ2v) is 5.88. The smallest absolute Gasteiger partial charge is 0.165 e.